The second kappa shape index (κ2) is 7.08. The molecule has 30 heavy (non-hydrogen) atoms. The molecule has 6 rings (SSSR count). The van der Waals surface area contributed by atoms with Gasteiger partial charge >= 0.3 is 0 Å². The highest BCUT2D eigenvalue weighted by Gasteiger charge is 2.48. The van der Waals surface area contributed by atoms with Crippen LogP contribution >= 0.6 is 0 Å². The average molecular weight is 427 g/mol. The monoisotopic (exact) mass is 426 g/mol. The molecule has 0 amide bonds. The molecule has 0 radical (unpaired) electrons. The molecule has 0 aliphatic heterocycles. The van der Waals surface area contributed by atoms with Crippen molar-refractivity contribution in [2.24, 2.45) is 23.7 Å². The molecule has 7 heteroatoms. The van der Waals surface area contributed by atoms with Crippen molar-refractivity contribution in [1.29, 1.82) is 0 Å². The number of nitro benzene ring substituents is 1. The Morgan fingerprint density at radius 1 is 0.933 bits per heavy atom. The molecule has 0 heterocycles. The number of hydrogen-bond donors (Lipinski definition) is 1. The summed E-state index contributed by atoms with van der Waals surface area (Å²) in [6, 6.07) is 11.7. The lowest BCUT2D eigenvalue weighted by Crippen LogP contribution is -2.43. The summed E-state index contributed by atoms with van der Waals surface area (Å²) in [7, 11) is -3.89. The van der Waals surface area contributed by atoms with Gasteiger partial charge in [0.1, 0.15) is 0 Å². The van der Waals surface area contributed by atoms with Crippen LogP contribution in [0.2, 0.25) is 0 Å². The minimum absolute atomic E-state index is 0.107. The van der Waals surface area contributed by atoms with Crippen molar-refractivity contribution in [3.8, 4) is 0 Å². The van der Waals surface area contributed by atoms with Crippen molar-refractivity contribution in [1.82, 2.24) is 0 Å². The number of hydrogen-bond acceptors (Lipinski definition) is 4. The van der Waals surface area contributed by atoms with E-state index >= 15 is 0 Å². The van der Waals surface area contributed by atoms with E-state index < -0.39 is 14.9 Å². The molecule has 0 aromatic heterocycles. The summed E-state index contributed by atoms with van der Waals surface area (Å²) < 4.78 is 28.0. The van der Waals surface area contributed by atoms with Gasteiger partial charge in [0, 0.05) is 17.3 Å². The molecule has 4 saturated carbocycles. The quantitative estimate of drug-likeness (QED) is 0.523. The van der Waals surface area contributed by atoms with Crippen LogP contribution in [0.15, 0.2) is 47.4 Å². The molecule has 0 saturated heterocycles. The molecular weight excluding hydrogens is 400 g/mol. The second-order valence-electron chi connectivity index (χ2n) is 9.39. The van der Waals surface area contributed by atoms with Gasteiger partial charge in [-0.3, -0.25) is 14.8 Å². The smallest absolute Gasteiger partial charge is 0.273 e. The van der Waals surface area contributed by atoms with Crippen molar-refractivity contribution in [3.05, 3.63) is 63.7 Å². The first-order chi connectivity index (χ1) is 14.3. The van der Waals surface area contributed by atoms with Crippen molar-refractivity contribution in [2.45, 2.75) is 49.8 Å². The highest BCUT2D eigenvalue weighted by molar-refractivity contribution is 7.92. The molecule has 0 atom stereocenters. The number of nitro groups is 1. The van der Waals surface area contributed by atoms with Crippen LogP contribution in [0.4, 0.5) is 11.4 Å². The summed E-state index contributed by atoms with van der Waals surface area (Å²) in [6.45, 7) is 1.59. The highest BCUT2D eigenvalue weighted by atomic mass is 32.2. The van der Waals surface area contributed by atoms with Gasteiger partial charge in [-0.15, -0.1) is 0 Å². The average Bonchev–Trinajstić information content (AvgIpc) is 2.68. The molecule has 158 valence electrons. The maximum atomic E-state index is 12.7. The first-order valence-electron chi connectivity index (χ1n) is 10.7. The molecular formula is C23H26N2O4S. The van der Waals surface area contributed by atoms with Crippen LogP contribution in [0.25, 0.3) is 0 Å². The fourth-order valence-corrected chi connectivity index (χ4v) is 7.49. The van der Waals surface area contributed by atoms with E-state index in [0.29, 0.717) is 17.2 Å². The summed E-state index contributed by atoms with van der Waals surface area (Å²) in [5.41, 5.74) is 2.03. The van der Waals surface area contributed by atoms with Crippen molar-refractivity contribution in [2.75, 3.05) is 4.72 Å². The molecule has 1 N–H and O–H groups in total. The minimum Gasteiger partial charge on any atom is -0.280 e. The molecule has 4 fully saturated rings. The van der Waals surface area contributed by atoms with Gasteiger partial charge in [-0.1, -0.05) is 18.2 Å². The third-order valence-electron chi connectivity index (χ3n) is 7.46. The fraction of sp³-hybridized carbons (Fsp3) is 0.478. The number of nitrogens with zero attached hydrogens (tertiary/aromatic N) is 1. The molecule has 0 unspecified atom stereocenters. The predicted molar refractivity (Wildman–Crippen MR) is 115 cm³/mol. The molecule has 2 aromatic carbocycles. The molecule has 4 aliphatic rings. The maximum absolute atomic E-state index is 12.7. The topological polar surface area (TPSA) is 89.3 Å². The Bertz CT molecular complexity index is 1070. The van der Waals surface area contributed by atoms with Crippen LogP contribution < -0.4 is 4.72 Å². The van der Waals surface area contributed by atoms with E-state index in [4.69, 9.17) is 0 Å². The van der Waals surface area contributed by atoms with Gasteiger partial charge in [0.2, 0.25) is 0 Å². The van der Waals surface area contributed by atoms with Gasteiger partial charge in [-0.2, -0.15) is 0 Å². The van der Waals surface area contributed by atoms with Crippen molar-refractivity contribution < 1.29 is 13.3 Å². The maximum Gasteiger partial charge on any atom is 0.273 e. The Morgan fingerprint density at radius 2 is 1.53 bits per heavy atom. The number of benzene rings is 2. The van der Waals surface area contributed by atoms with E-state index in [1.54, 1.807) is 6.92 Å². The second-order valence-corrected chi connectivity index (χ2v) is 11.1. The third kappa shape index (κ3) is 3.39. The Balaban J connectivity index is 1.35. The summed E-state index contributed by atoms with van der Waals surface area (Å²) >= 11 is 0. The zero-order valence-corrected chi connectivity index (χ0v) is 17.8. The zero-order valence-electron chi connectivity index (χ0n) is 17.0. The normalized spacial score (nSPS) is 29.7. The lowest BCUT2D eigenvalue weighted by molar-refractivity contribution is -0.385. The van der Waals surface area contributed by atoms with Crippen LogP contribution in [0.1, 0.15) is 49.1 Å². The molecule has 4 bridgehead atoms. The van der Waals surface area contributed by atoms with E-state index in [-0.39, 0.29) is 10.6 Å². The molecule has 6 nitrogen and oxygen atoms in total. The summed E-state index contributed by atoms with van der Waals surface area (Å²) in [5, 5.41) is 11.1. The summed E-state index contributed by atoms with van der Waals surface area (Å²) in [5.74, 6) is 4.00. The van der Waals surface area contributed by atoms with E-state index in [9.17, 15) is 18.5 Å². The predicted octanol–water partition coefficient (Wildman–Crippen LogP) is 5.24. The van der Waals surface area contributed by atoms with Gasteiger partial charge in [-0.05, 0) is 92.4 Å². The Labute approximate surface area is 176 Å². The van der Waals surface area contributed by atoms with Gasteiger partial charge in [0.05, 0.1) is 9.82 Å². The lowest BCUT2D eigenvalue weighted by atomic mass is 9.51. The molecule has 4 aliphatic carbocycles. The number of anilines is 1. The Hall–Kier alpha value is -2.41. The first kappa shape index (κ1) is 19.5. The van der Waals surface area contributed by atoms with Crippen molar-refractivity contribution in [3.63, 3.8) is 0 Å². The van der Waals surface area contributed by atoms with Gasteiger partial charge in [-0.25, -0.2) is 8.42 Å². The van der Waals surface area contributed by atoms with E-state index in [0.717, 1.165) is 29.7 Å². The number of rotatable bonds is 5. The molecule has 0 spiro atoms. The van der Waals surface area contributed by atoms with Crippen LogP contribution in [0, 0.1) is 40.7 Å². The van der Waals surface area contributed by atoms with Gasteiger partial charge < -0.3 is 0 Å². The SMILES string of the molecule is Cc1ccc(S(=O)(=O)Nc2ccc(C3C4CC5CC(C4)CC3C5)cc2)cc1[N+](=O)[O-]. The van der Waals surface area contributed by atoms with Gasteiger partial charge in [0.25, 0.3) is 15.7 Å². The fourth-order valence-electron chi connectivity index (χ4n) is 6.41. The number of sulfonamides is 1. The lowest BCUT2D eigenvalue weighted by Gasteiger charge is -2.54. The number of aryl methyl sites for hydroxylation is 1. The van der Waals surface area contributed by atoms with E-state index in [1.807, 2.05) is 12.1 Å². The Morgan fingerprint density at radius 3 is 2.10 bits per heavy atom. The summed E-state index contributed by atoms with van der Waals surface area (Å²) in [4.78, 5) is 10.5. The standard InChI is InChI=1S/C23H26N2O4S/c1-14-2-7-21(13-22(14)25(26)27)30(28,29)24-20-5-3-17(4-6-20)23-18-9-15-8-16(11-18)12-19(23)10-15/h2-7,13,15-16,18-19,23-24H,8-12H2,1H3. The minimum atomic E-state index is -3.89. The Kier molecular flexibility index (Phi) is 4.61. The number of nitrogens with one attached hydrogen (secondary N) is 1. The van der Waals surface area contributed by atoms with Crippen LogP contribution in [-0.2, 0) is 10.0 Å². The molecule has 2 aromatic rings. The third-order valence-corrected chi connectivity index (χ3v) is 8.84. The van der Waals surface area contributed by atoms with Crippen LogP contribution in [-0.4, -0.2) is 13.3 Å². The first-order valence-corrected chi connectivity index (χ1v) is 12.2. The van der Waals surface area contributed by atoms with Gasteiger partial charge in [0.15, 0.2) is 0 Å². The largest absolute Gasteiger partial charge is 0.280 e. The zero-order chi connectivity index (χ0) is 21.0. The highest BCUT2D eigenvalue weighted by Crippen LogP contribution is 2.59. The van der Waals surface area contributed by atoms with Crippen LogP contribution in [0.5, 0.6) is 0 Å². The van der Waals surface area contributed by atoms with Crippen molar-refractivity contribution >= 4 is 21.4 Å². The van der Waals surface area contributed by atoms with E-state index in [1.165, 1.54) is 49.8 Å². The van der Waals surface area contributed by atoms with Crippen LogP contribution in [0.3, 0.4) is 0 Å². The van der Waals surface area contributed by atoms with E-state index in [2.05, 4.69) is 16.9 Å². The summed E-state index contributed by atoms with van der Waals surface area (Å²) in [6.07, 6.45) is 6.81.